The van der Waals surface area contributed by atoms with Gasteiger partial charge in [-0.25, -0.2) is 4.98 Å². The van der Waals surface area contributed by atoms with E-state index in [4.69, 9.17) is 0 Å². The molecular formula is C10H18N2S. The number of nitrogens with zero attached hydrogens (tertiary/aromatic N) is 1. The highest BCUT2D eigenvalue weighted by molar-refractivity contribution is 7.09. The van der Waals surface area contributed by atoms with Crippen LogP contribution in [0.5, 0.6) is 0 Å². The summed E-state index contributed by atoms with van der Waals surface area (Å²) in [7, 11) is 0. The topological polar surface area (TPSA) is 24.9 Å². The summed E-state index contributed by atoms with van der Waals surface area (Å²) in [5.41, 5.74) is 3.08. The van der Waals surface area contributed by atoms with Crippen molar-refractivity contribution in [3.63, 3.8) is 0 Å². The van der Waals surface area contributed by atoms with Gasteiger partial charge in [0.2, 0.25) is 0 Å². The third-order valence-electron chi connectivity index (χ3n) is 2.18. The molecule has 3 heteroatoms. The second kappa shape index (κ2) is 5.35. The summed E-state index contributed by atoms with van der Waals surface area (Å²) in [5, 5.41) is 3.50. The summed E-state index contributed by atoms with van der Waals surface area (Å²) in [6.07, 6.45) is 2.49. The highest BCUT2D eigenvalue weighted by Gasteiger charge is 2.03. The van der Waals surface area contributed by atoms with E-state index in [2.05, 4.69) is 31.1 Å². The van der Waals surface area contributed by atoms with Crippen LogP contribution in [0.1, 0.15) is 37.3 Å². The Balaban J connectivity index is 2.30. The van der Waals surface area contributed by atoms with Gasteiger partial charge in [-0.15, -0.1) is 11.3 Å². The van der Waals surface area contributed by atoms with E-state index in [1.54, 1.807) is 11.3 Å². The molecule has 1 atom stereocenters. The van der Waals surface area contributed by atoms with Crippen molar-refractivity contribution < 1.29 is 0 Å². The Labute approximate surface area is 84.4 Å². The van der Waals surface area contributed by atoms with E-state index >= 15 is 0 Å². The van der Waals surface area contributed by atoms with Gasteiger partial charge in [0, 0.05) is 17.5 Å². The van der Waals surface area contributed by atoms with E-state index in [1.165, 1.54) is 23.4 Å². The second-order valence-corrected chi connectivity index (χ2v) is 4.37. The van der Waals surface area contributed by atoms with E-state index in [1.807, 2.05) is 5.51 Å². The molecule has 1 heterocycles. The molecule has 0 aliphatic carbocycles. The first-order valence-corrected chi connectivity index (χ1v) is 5.74. The maximum Gasteiger partial charge on any atom is 0.0798 e. The molecule has 1 aromatic heterocycles. The van der Waals surface area contributed by atoms with Crippen molar-refractivity contribution in [2.45, 2.75) is 46.2 Å². The molecule has 1 N–H and O–H groups in total. The molecule has 0 saturated carbocycles. The van der Waals surface area contributed by atoms with Gasteiger partial charge in [0.25, 0.3) is 0 Å². The Morgan fingerprint density at radius 1 is 1.62 bits per heavy atom. The Bertz CT molecular complexity index is 245. The van der Waals surface area contributed by atoms with Crippen molar-refractivity contribution in [1.82, 2.24) is 10.3 Å². The van der Waals surface area contributed by atoms with Gasteiger partial charge in [0.1, 0.15) is 0 Å². The van der Waals surface area contributed by atoms with Crippen LogP contribution >= 0.6 is 11.3 Å². The molecule has 0 fully saturated rings. The molecule has 2 nitrogen and oxygen atoms in total. The van der Waals surface area contributed by atoms with Crippen molar-refractivity contribution in [2.75, 3.05) is 0 Å². The number of hydrogen-bond donors (Lipinski definition) is 1. The number of rotatable bonds is 5. The van der Waals surface area contributed by atoms with Crippen molar-refractivity contribution in [2.24, 2.45) is 0 Å². The minimum absolute atomic E-state index is 0.617. The second-order valence-electron chi connectivity index (χ2n) is 3.43. The minimum atomic E-state index is 0.617. The monoisotopic (exact) mass is 198 g/mol. The van der Waals surface area contributed by atoms with Gasteiger partial charge in [-0.3, -0.25) is 0 Å². The van der Waals surface area contributed by atoms with E-state index in [0.29, 0.717) is 6.04 Å². The highest BCUT2D eigenvalue weighted by Crippen LogP contribution is 2.11. The zero-order chi connectivity index (χ0) is 9.68. The van der Waals surface area contributed by atoms with E-state index < -0.39 is 0 Å². The zero-order valence-electron chi connectivity index (χ0n) is 8.63. The van der Waals surface area contributed by atoms with Crippen LogP contribution in [-0.2, 0) is 6.54 Å². The van der Waals surface area contributed by atoms with Gasteiger partial charge in [-0.2, -0.15) is 0 Å². The fourth-order valence-electron chi connectivity index (χ4n) is 1.30. The Hall–Kier alpha value is -0.410. The normalized spacial score (nSPS) is 13.2. The van der Waals surface area contributed by atoms with Crippen LogP contribution in [0, 0.1) is 6.92 Å². The molecule has 0 radical (unpaired) electrons. The fourth-order valence-corrected chi connectivity index (χ4v) is 2.03. The largest absolute Gasteiger partial charge is 0.309 e. The van der Waals surface area contributed by atoms with E-state index in [-0.39, 0.29) is 0 Å². The summed E-state index contributed by atoms with van der Waals surface area (Å²) in [4.78, 5) is 5.58. The van der Waals surface area contributed by atoms with Gasteiger partial charge < -0.3 is 5.32 Å². The molecule has 13 heavy (non-hydrogen) atoms. The van der Waals surface area contributed by atoms with Gasteiger partial charge in [-0.1, -0.05) is 13.3 Å². The third kappa shape index (κ3) is 3.44. The molecule has 0 aromatic carbocycles. The maximum atomic E-state index is 4.22. The quantitative estimate of drug-likeness (QED) is 0.787. The minimum Gasteiger partial charge on any atom is -0.309 e. The fraction of sp³-hybridized carbons (Fsp3) is 0.700. The van der Waals surface area contributed by atoms with Gasteiger partial charge in [-0.05, 0) is 20.3 Å². The molecule has 0 spiro atoms. The standard InChI is InChI=1S/C10H18N2S/c1-4-5-8(2)11-6-10-9(3)12-7-13-10/h7-8,11H,4-6H2,1-3H3. The summed E-state index contributed by atoms with van der Waals surface area (Å²) in [5.74, 6) is 0. The number of aromatic nitrogens is 1. The average molecular weight is 198 g/mol. The Kier molecular flexibility index (Phi) is 4.39. The van der Waals surface area contributed by atoms with Crippen LogP contribution in [0.25, 0.3) is 0 Å². The smallest absolute Gasteiger partial charge is 0.0798 e. The van der Waals surface area contributed by atoms with Crippen LogP contribution in [0.3, 0.4) is 0 Å². The van der Waals surface area contributed by atoms with Crippen molar-refractivity contribution in [1.29, 1.82) is 0 Å². The van der Waals surface area contributed by atoms with E-state index in [9.17, 15) is 0 Å². The molecule has 1 rings (SSSR count). The molecule has 0 aliphatic heterocycles. The molecule has 1 unspecified atom stereocenters. The summed E-state index contributed by atoms with van der Waals surface area (Å²) < 4.78 is 0. The van der Waals surface area contributed by atoms with Crippen LogP contribution in [0.2, 0.25) is 0 Å². The molecule has 0 bridgehead atoms. The van der Waals surface area contributed by atoms with Crippen molar-refractivity contribution >= 4 is 11.3 Å². The summed E-state index contributed by atoms with van der Waals surface area (Å²) in [6.45, 7) is 7.49. The van der Waals surface area contributed by atoms with Gasteiger partial charge in [0.05, 0.1) is 11.2 Å². The summed E-state index contributed by atoms with van der Waals surface area (Å²) in [6, 6.07) is 0.617. The third-order valence-corrected chi connectivity index (χ3v) is 3.11. The van der Waals surface area contributed by atoms with Crippen LogP contribution in [0.4, 0.5) is 0 Å². The van der Waals surface area contributed by atoms with Crippen molar-refractivity contribution in [3.8, 4) is 0 Å². The zero-order valence-corrected chi connectivity index (χ0v) is 9.45. The number of thiazole rings is 1. The number of nitrogens with one attached hydrogen (secondary N) is 1. The first-order chi connectivity index (χ1) is 6.24. The predicted octanol–water partition coefficient (Wildman–Crippen LogP) is 2.73. The number of aryl methyl sites for hydroxylation is 1. The lowest BCUT2D eigenvalue weighted by molar-refractivity contribution is 0.510. The SMILES string of the molecule is CCCC(C)NCc1scnc1C. The Morgan fingerprint density at radius 3 is 2.92 bits per heavy atom. The highest BCUT2D eigenvalue weighted by atomic mass is 32.1. The molecule has 0 amide bonds. The molecular weight excluding hydrogens is 180 g/mol. The number of hydrogen-bond acceptors (Lipinski definition) is 3. The average Bonchev–Trinajstić information content (AvgIpc) is 2.48. The lowest BCUT2D eigenvalue weighted by Crippen LogP contribution is -2.24. The van der Waals surface area contributed by atoms with Gasteiger partial charge >= 0.3 is 0 Å². The lowest BCUT2D eigenvalue weighted by atomic mass is 10.2. The molecule has 0 saturated heterocycles. The first kappa shape index (κ1) is 10.7. The molecule has 0 aliphatic rings. The van der Waals surface area contributed by atoms with Gasteiger partial charge in [0.15, 0.2) is 0 Å². The Morgan fingerprint density at radius 2 is 2.38 bits per heavy atom. The summed E-state index contributed by atoms with van der Waals surface area (Å²) >= 11 is 1.74. The van der Waals surface area contributed by atoms with Crippen LogP contribution in [-0.4, -0.2) is 11.0 Å². The lowest BCUT2D eigenvalue weighted by Gasteiger charge is -2.11. The molecule has 74 valence electrons. The first-order valence-electron chi connectivity index (χ1n) is 4.86. The predicted molar refractivity (Wildman–Crippen MR) is 58.1 cm³/mol. The van der Waals surface area contributed by atoms with E-state index in [0.717, 1.165) is 6.54 Å². The maximum absolute atomic E-state index is 4.22. The van der Waals surface area contributed by atoms with Crippen LogP contribution in [0.15, 0.2) is 5.51 Å². The van der Waals surface area contributed by atoms with Crippen LogP contribution < -0.4 is 5.32 Å². The van der Waals surface area contributed by atoms with Crippen molar-refractivity contribution in [3.05, 3.63) is 16.1 Å². The molecule has 1 aromatic rings.